The van der Waals surface area contributed by atoms with Gasteiger partial charge in [0.05, 0.1) is 6.42 Å². The predicted molar refractivity (Wildman–Crippen MR) is 95.7 cm³/mol. The molecule has 1 aliphatic rings. The summed E-state index contributed by atoms with van der Waals surface area (Å²) in [5.74, 6) is -0.104. The van der Waals surface area contributed by atoms with E-state index in [2.05, 4.69) is 18.7 Å². The standard InChI is InChI=1S/C19H28FN3O2/c1-3-21(4-2)10-9-18(24)22-11-13-23(14-12-22)19(25)15-16-5-7-17(20)8-6-16/h5-8H,3-4,9-15H2,1-2H3. The van der Waals surface area contributed by atoms with E-state index in [4.69, 9.17) is 0 Å². The van der Waals surface area contributed by atoms with Gasteiger partial charge in [0.2, 0.25) is 11.8 Å². The van der Waals surface area contributed by atoms with E-state index >= 15 is 0 Å². The largest absolute Gasteiger partial charge is 0.339 e. The molecule has 138 valence electrons. The average molecular weight is 349 g/mol. The SMILES string of the molecule is CCN(CC)CCC(=O)N1CCN(C(=O)Cc2ccc(F)cc2)CC1. The first-order chi connectivity index (χ1) is 12.0. The van der Waals surface area contributed by atoms with Crippen LogP contribution in [0.5, 0.6) is 0 Å². The van der Waals surface area contributed by atoms with Gasteiger partial charge in [-0.05, 0) is 30.8 Å². The number of nitrogens with zero attached hydrogens (tertiary/aromatic N) is 3. The third kappa shape index (κ3) is 5.81. The maximum Gasteiger partial charge on any atom is 0.227 e. The van der Waals surface area contributed by atoms with E-state index in [1.807, 2.05) is 4.90 Å². The lowest BCUT2D eigenvalue weighted by Crippen LogP contribution is -2.51. The topological polar surface area (TPSA) is 43.9 Å². The summed E-state index contributed by atoms with van der Waals surface area (Å²) < 4.78 is 12.9. The van der Waals surface area contributed by atoms with Gasteiger partial charge >= 0.3 is 0 Å². The second-order valence-electron chi connectivity index (χ2n) is 6.34. The quantitative estimate of drug-likeness (QED) is 0.754. The molecule has 2 amide bonds. The minimum Gasteiger partial charge on any atom is -0.339 e. The molecule has 1 fully saturated rings. The highest BCUT2D eigenvalue weighted by Gasteiger charge is 2.24. The van der Waals surface area contributed by atoms with Gasteiger partial charge in [0.15, 0.2) is 0 Å². The van der Waals surface area contributed by atoms with Crippen molar-refractivity contribution in [1.82, 2.24) is 14.7 Å². The summed E-state index contributed by atoms with van der Waals surface area (Å²) in [7, 11) is 0. The van der Waals surface area contributed by atoms with Gasteiger partial charge < -0.3 is 14.7 Å². The lowest BCUT2D eigenvalue weighted by molar-refractivity contribution is -0.139. The minimum absolute atomic E-state index is 0.0295. The summed E-state index contributed by atoms with van der Waals surface area (Å²) in [6, 6.07) is 6.02. The number of carbonyl (C=O) groups excluding carboxylic acids is 2. The molecular formula is C19H28FN3O2. The van der Waals surface area contributed by atoms with Crippen molar-refractivity contribution in [3.05, 3.63) is 35.6 Å². The van der Waals surface area contributed by atoms with Crippen molar-refractivity contribution in [2.24, 2.45) is 0 Å². The van der Waals surface area contributed by atoms with Gasteiger partial charge in [-0.2, -0.15) is 0 Å². The molecule has 0 unspecified atom stereocenters. The van der Waals surface area contributed by atoms with Crippen molar-refractivity contribution < 1.29 is 14.0 Å². The van der Waals surface area contributed by atoms with Crippen LogP contribution in [0.25, 0.3) is 0 Å². The number of hydrogen-bond donors (Lipinski definition) is 0. The summed E-state index contributed by atoms with van der Waals surface area (Å²) in [5, 5.41) is 0. The maximum atomic E-state index is 12.9. The van der Waals surface area contributed by atoms with Crippen LogP contribution in [0.3, 0.4) is 0 Å². The number of carbonyl (C=O) groups is 2. The first kappa shape index (κ1) is 19.4. The van der Waals surface area contributed by atoms with Crippen LogP contribution >= 0.6 is 0 Å². The molecule has 0 aliphatic carbocycles. The molecule has 0 saturated carbocycles. The Morgan fingerprint density at radius 2 is 1.48 bits per heavy atom. The monoisotopic (exact) mass is 349 g/mol. The van der Waals surface area contributed by atoms with Crippen LogP contribution < -0.4 is 0 Å². The van der Waals surface area contributed by atoms with Crippen molar-refractivity contribution in [3.63, 3.8) is 0 Å². The van der Waals surface area contributed by atoms with E-state index in [9.17, 15) is 14.0 Å². The molecule has 1 aromatic carbocycles. The summed E-state index contributed by atoms with van der Waals surface area (Å²) in [4.78, 5) is 30.5. The lowest BCUT2D eigenvalue weighted by atomic mass is 10.1. The summed E-state index contributed by atoms with van der Waals surface area (Å²) >= 11 is 0. The van der Waals surface area contributed by atoms with Crippen molar-refractivity contribution in [2.45, 2.75) is 26.7 Å². The highest BCUT2D eigenvalue weighted by atomic mass is 19.1. The van der Waals surface area contributed by atoms with E-state index in [-0.39, 0.29) is 24.1 Å². The van der Waals surface area contributed by atoms with Gasteiger partial charge in [-0.15, -0.1) is 0 Å². The summed E-state index contributed by atoms with van der Waals surface area (Å²) in [5.41, 5.74) is 0.809. The van der Waals surface area contributed by atoms with E-state index in [0.29, 0.717) is 32.6 Å². The Morgan fingerprint density at radius 1 is 0.960 bits per heavy atom. The number of rotatable bonds is 7. The van der Waals surface area contributed by atoms with E-state index in [1.54, 1.807) is 17.0 Å². The fourth-order valence-corrected chi connectivity index (χ4v) is 3.05. The fourth-order valence-electron chi connectivity index (χ4n) is 3.05. The summed E-state index contributed by atoms with van der Waals surface area (Å²) in [6.07, 6.45) is 0.807. The Hall–Kier alpha value is -1.95. The number of piperazine rings is 1. The fraction of sp³-hybridized carbons (Fsp3) is 0.579. The molecule has 1 aromatic rings. The molecule has 6 heteroatoms. The zero-order chi connectivity index (χ0) is 18.2. The summed E-state index contributed by atoms with van der Waals surface area (Å²) in [6.45, 7) is 9.20. The van der Waals surface area contributed by atoms with E-state index in [0.717, 1.165) is 25.2 Å². The van der Waals surface area contributed by atoms with Crippen molar-refractivity contribution >= 4 is 11.8 Å². The molecule has 1 saturated heterocycles. The van der Waals surface area contributed by atoms with Crippen LogP contribution in [0.2, 0.25) is 0 Å². The van der Waals surface area contributed by atoms with Crippen molar-refractivity contribution in [3.8, 4) is 0 Å². The van der Waals surface area contributed by atoms with E-state index < -0.39 is 0 Å². The first-order valence-corrected chi connectivity index (χ1v) is 9.05. The Balaban J connectivity index is 1.75. The number of halogens is 1. The van der Waals surface area contributed by atoms with Crippen molar-refractivity contribution in [1.29, 1.82) is 0 Å². The second-order valence-corrected chi connectivity index (χ2v) is 6.34. The molecule has 0 aromatic heterocycles. The number of hydrogen-bond acceptors (Lipinski definition) is 3. The zero-order valence-corrected chi connectivity index (χ0v) is 15.2. The predicted octanol–water partition coefficient (Wildman–Crippen LogP) is 1.77. The molecule has 0 radical (unpaired) electrons. The molecule has 0 spiro atoms. The van der Waals surface area contributed by atoms with E-state index in [1.165, 1.54) is 12.1 Å². The molecule has 0 N–H and O–H groups in total. The molecule has 1 aliphatic heterocycles. The second kappa shape index (κ2) is 9.51. The first-order valence-electron chi connectivity index (χ1n) is 9.05. The van der Waals surface area contributed by atoms with Gasteiger partial charge in [-0.25, -0.2) is 4.39 Å². The van der Waals surface area contributed by atoms with Crippen molar-refractivity contribution in [2.75, 3.05) is 45.8 Å². The van der Waals surface area contributed by atoms with Crippen LogP contribution in [0.4, 0.5) is 4.39 Å². The average Bonchev–Trinajstić information content (AvgIpc) is 2.64. The van der Waals surface area contributed by atoms with Crippen LogP contribution in [0.1, 0.15) is 25.8 Å². The third-order valence-electron chi connectivity index (χ3n) is 4.79. The highest BCUT2D eigenvalue weighted by Crippen LogP contribution is 2.09. The molecule has 0 bridgehead atoms. The highest BCUT2D eigenvalue weighted by molar-refractivity contribution is 5.80. The number of amides is 2. The molecule has 1 heterocycles. The van der Waals surface area contributed by atoms with Gasteiger partial charge in [0.25, 0.3) is 0 Å². The Bertz CT molecular complexity index is 565. The smallest absolute Gasteiger partial charge is 0.227 e. The van der Waals surface area contributed by atoms with Crippen LogP contribution in [-0.4, -0.2) is 72.3 Å². The van der Waals surface area contributed by atoms with Gasteiger partial charge in [-0.1, -0.05) is 26.0 Å². The van der Waals surface area contributed by atoms with Crippen LogP contribution in [0, 0.1) is 5.82 Å². The Morgan fingerprint density at radius 3 is 2.00 bits per heavy atom. The number of benzene rings is 1. The molecular weight excluding hydrogens is 321 g/mol. The zero-order valence-electron chi connectivity index (χ0n) is 15.2. The molecule has 0 atom stereocenters. The molecule has 5 nitrogen and oxygen atoms in total. The Labute approximate surface area is 149 Å². The van der Waals surface area contributed by atoms with Crippen LogP contribution in [-0.2, 0) is 16.0 Å². The maximum absolute atomic E-state index is 12.9. The van der Waals surface area contributed by atoms with Gasteiger partial charge in [0, 0.05) is 39.1 Å². The van der Waals surface area contributed by atoms with Gasteiger partial charge in [-0.3, -0.25) is 9.59 Å². The molecule has 25 heavy (non-hydrogen) atoms. The third-order valence-corrected chi connectivity index (χ3v) is 4.79. The minimum atomic E-state index is -0.298. The lowest BCUT2D eigenvalue weighted by Gasteiger charge is -2.35. The van der Waals surface area contributed by atoms with Gasteiger partial charge in [0.1, 0.15) is 5.82 Å². The van der Waals surface area contributed by atoms with Crippen LogP contribution in [0.15, 0.2) is 24.3 Å². The molecule has 2 rings (SSSR count). The Kier molecular flexibility index (Phi) is 7.37. The normalized spacial score (nSPS) is 14.9.